The summed E-state index contributed by atoms with van der Waals surface area (Å²) in [6.45, 7) is 2.23. The number of aromatic nitrogens is 2. The Morgan fingerprint density at radius 3 is 1.74 bits per heavy atom. The van der Waals surface area contributed by atoms with Crippen LogP contribution in [0.3, 0.4) is 0 Å². The second-order valence-corrected chi connectivity index (χ2v) is 17.2. The lowest BCUT2D eigenvalue weighted by Crippen LogP contribution is -2.65. The molecule has 15 rings (SSSR count). The molecule has 7 heteroatoms. The minimum atomic E-state index is -0.0210. The van der Waals surface area contributed by atoms with Gasteiger partial charge in [0.15, 0.2) is 0 Å². The number of ether oxygens (including phenoxy) is 2. The van der Waals surface area contributed by atoms with E-state index in [-0.39, 0.29) is 13.4 Å². The molecule has 0 saturated carbocycles. The highest BCUT2D eigenvalue weighted by atomic mass is 16.5. The number of rotatable bonds is 4. The monoisotopic (exact) mass is 789 g/mol. The lowest BCUT2D eigenvalue weighted by Gasteiger charge is -2.41. The number of hydrogen-bond donors (Lipinski definition) is 0. The fourth-order valence-corrected chi connectivity index (χ4v) is 11.7. The van der Waals surface area contributed by atoms with Crippen molar-refractivity contribution in [2.45, 2.75) is 6.92 Å². The van der Waals surface area contributed by atoms with Crippen molar-refractivity contribution in [2.24, 2.45) is 0 Å². The second kappa shape index (κ2) is 11.7. The zero-order chi connectivity index (χ0) is 40.4. The molecule has 0 spiro atoms. The first-order valence-corrected chi connectivity index (χ1v) is 21.5. The second-order valence-electron chi connectivity index (χ2n) is 17.2. The maximum atomic E-state index is 7.34. The molecule has 0 atom stereocenters. The topological polar surface area (TPSA) is 31.6 Å². The average Bonchev–Trinajstić information content (AvgIpc) is 3.85. The SMILES string of the molecule is Cc1c2c3c4c5c1Oc1cc(N(c6ccccc6)c6ccc7c(c6)c6ccccc6n7-c6ccccc6)ccc1B5c1cccc5c6cccc(c6n-4c15)B3c1ccccc1O2. The summed E-state index contributed by atoms with van der Waals surface area (Å²) in [5, 5.41) is 5.01. The number of nitrogens with zero attached hydrogens (tertiary/aromatic N) is 3. The van der Waals surface area contributed by atoms with Crippen molar-refractivity contribution in [3.05, 3.63) is 188 Å². The smallest absolute Gasteiger partial charge is 0.256 e. The van der Waals surface area contributed by atoms with Crippen LogP contribution in [0.1, 0.15) is 5.56 Å². The first-order valence-electron chi connectivity index (χ1n) is 21.5. The molecule has 4 aliphatic rings. The van der Waals surface area contributed by atoms with Gasteiger partial charge >= 0.3 is 0 Å². The summed E-state index contributed by atoms with van der Waals surface area (Å²) in [4.78, 5) is 2.36. The van der Waals surface area contributed by atoms with Gasteiger partial charge in [-0.25, -0.2) is 0 Å². The van der Waals surface area contributed by atoms with E-state index in [0.717, 1.165) is 51.3 Å². The molecule has 0 radical (unpaired) electrons. The first kappa shape index (κ1) is 32.9. The number of hydrogen-bond acceptors (Lipinski definition) is 3. The lowest BCUT2D eigenvalue weighted by atomic mass is 9.30. The Kier molecular flexibility index (Phi) is 6.20. The molecule has 0 saturated heterocycles. The van der Waals surface area contributed by atoms with Crippen molar-refractivity contribution in [3.8, 4) is 34.4 Å². The molecule has 0 amide bonds. The molecule has 0 aliphatic carbocycles. The Labute approximate surface area is 357 Å². The highest BCUT2D eigenvalue weighted by Crippen LogP contribution is 2.46. The molecule has 5 nitrogen and oxygen atoms in total. The van der Waals surface area contributed by atoms with Gasteiger partial charge < -0.3 is 23.5 Å². The van der Waals surface area contributed by atoms with E-state index in [0.29, 0.717) is 0 Å². The van der Waals surface area contributed by atoms with Gasteiger partial charge in [-0.3, -0.25) is 0 Å². The number of fused-ring (bicyclic) bond motifs is 10. The van der Waals surface area contributed by atoms with Gasteiger partial charge in [0, 0.05) is 72.6 Å². The van der Waals surface area contributed by atoms with Crippen LogP contribution in [-0.4, -0.2) is 22.6 Å². The molecule has 11 aromatic rings. The highest BCUT2D eigenvalue weighted by molar-refractivity contribution is 7.03. The molecule has 2 aromatic heterocycles. The third-order valence-electron chi connectivity index (χ3n) is 14.1. The Balaban J connectivity index is 0.970. The van der Waals surface area contributed by atoms with Crippen LogP contribution in [0.2, 0.25) is 0 Å². The van der Waals surface area contributed by atoms with Crippen molar-refractivity contribution < 1.29 is 9.47 Å². The van der Waals surface area contributed by atoms with Crippen LogP contribution < -0.4 is 47.2 Å². The molecular formula is C55H33B2N3O2. The van der Waals surface area contributed by atoms with E-state index in [9.17, 15) is 0 Å². The Bertz CT molecular complexity index is 3800. The van der Waals surface area contributed by atoms with Crippen LogP contribution in [-0.2, 0) is 0 Å². The van der Waals surface area contributed by atoms with Gasteiger partial charge in [0.25, 0.3) is 13.4 Å². The van der Waals surface area contributed by atoms with E-state index in [4.69, 9.17) is 9.47 Å². The summed E-state index contributed by atoms with van der Waals surface area (Å²) in [5.74, 6) is 3.59. The Morgan fingerprint density at radius 2 is 0.984 bits per heavy atom. The summed E-state index contributed by atoms with van der Waals surface area (Å²) in [6, 6.07) is 66.2. The van der Waals surface area contributed by atoms with E-state index in [1.165, 1.54) is 82.1 Å². The third-order valence-corrected chi connectivity index (χ3v) is 14.1. The van der Waals surface area contributed by atoms with Crippen LogP contribution in [0.25, 0.3) is 55.0 Å². The van der Waals surface area contributed by atoms with E-state index in [1.54, 1.807) is 0 Å². The molecule has 0 fully saturated rings. The summed E-state index contributed by atoms with van der Waals surface area (Å²) >= 11 is 0. The van der Waals surface area contributed by atoms with Crippen molar-refractivity contribution >= 4 is 107 Å². The maximum Gasteiger partial charge on any atom is 0.256 e. The lowest BCUT2D eigenvalue weighted by molar-refractivity contribution is 0.458. The van der Waals surface area contributed by atoms with E-state index in [2.05, 4.69) is 203 Å². The predicted molar refractivity (Wildman–Crippen MR) is 257 cm³/mol. The van der Waals surface area contributed by atoms with Gasteiger partial charge in [-0.1, -0.05) is 115 Å². The summed E-state index contributed by atoms with van der Waals surface area (Å²) in [7, 11) is 0. The van der Waals surface area contributed by atoms with Crippen molar-refractivity contribution in [1.82, 2.24) is 9.13 Å². The van der Waals surface area contributed by atoms with E-state index < -0.39 is 0 Å². The first-order chi connectivity index (χ1) is 30.7. The molecule has 0 N–H and O–H groups in total. The molecule has 9 aromatic carbocycles. The molecule has 286 valence electrons. The highest BCUT2D eigenvalue weighted by Gasteiger charge is 2.49. The van der Waals surface area contributed by atoms with Gasteiger partial charge in [-0.15, -0.1) is 0 Å². The zero-order valence-corrected chi connectivity index (χ0v) is 33.6. The Morgan fingerprint density at radius 1 is 0.419 bits per heavy atom. The predicted octanol–water partition coefficient (Wildman–Crippen LogP) is 9.53. The summed E-state index contributed by atoms with van der Waals surface area (Å²) in [5.41, 5.74) is 19.0. The van der Waals surface area contributed by atoms with Crippen LogP contribution in [0.15, 0.2) is 182 Å². The quantitative estimate of drug-likeness (QED) is 0.167. The standard InChI is InChI=1S/C55H33B2N3O2/c1-32-54-49-53-50-55(32)62-48-31-36(58(33-14-4-2-5-15-33)35-27-29-46-40(30-35)37-18-8-10-24-45(37)59(46)34-16-6-3-7-17-34)26-28-42(48)57(50)44-23-13-20-39-38-19-12-22-43(51(38)60(53)52(39)44)56(49)41-21-9-11-25-47(41)61-54/h2-31H,1H3. The molecule has 0 unspecified atom stereocenters. The number of benzene rings is 9. The average molecular weight is 790 g/mol. The molecule has 62 heavy (non-hydrogen) atoms. The normalized spacial score (nSPS) is 13.4. The Hall–Kier alpha value is -7.89. The molecule has 4 aliphatic heterocycles. The number of anilines is 3. The van der Waals surface area contributed by atoms with Gasteiger partial charge in [-0.2, -0.15) is 0 Å². The summed E-state index contributed by atoms with van der Waals surface area (Å²) in [6.07, 6.45) is 0. The maximum absolute atomic E-state index is 7.34. The fourth-order valence-electron chi connectivity index (χ4n) is 11.7. The minimum Gasteiger partial charge on any atom is -0.458 e. The van der Waals surface area contributed by atoms with E-state index in [1.807, 2.05) is 0 Å². The van der Waals surface area contributed by atoms with Gasteiger partial charge in [0.2, 0.25) is 0 Å². The van der Waals surface area contributed by atoms with Crippen LogP contribution in [0.5, 0.6) is 23.0 Å². The molecule has 6 heterocycles. The van der Waals surface area contributed by atoms with Crippen molar-refractivity contribution in [2.75, 3.05) is 4.90 Å². The molecule has 0 bridgehead atoms. The van der Waals surface area contributed by atoms with Crippen LogP contribution >= 0.6 is 0 Å². The van der Waals surface area contributed by atoms with Crippen molar-refractivity contribution in [3.63, 3.8) is 0 Å². The van der Waals surface area contributed by atoms with Crippen LogP contribution in [0.4, 0.5) is 17.1 Å². The van der Waals surface area contributed by atoms with Gasteiger partial charge in [-0.05, 0) is 100 Å². The van der Waals surface area contributed by atoms with Crippen LogP contribution in [0, 0.1) is 6.92 Å². The molecular weight excluding hydrogens is 756 g/mol. The zero-order valence-electron chi connectivity index (χ0n) is 33.6. The number of para-hydroxylation sites is 6. The fraction of sp³-hybridized carbons (Fsp3) is 0.0182. The van der Waals surface area contributed by atoms with Crippen molar-refractivity contribution in [1.29, 1.82) is 0 Å². The third kappa shape index (κ3) is 4.02. The largest absolute Gasteiger partial charge is 0.458 e. The minimum absolute atomic E-state index is 0.0210. The van der Waals surface area contributed by atoms with Gasteiger partial charge in [0.1, 0.15) is 23.0 Å². The van der Waals surface area contributed by atoms with E-state index >= 15 is 0 Å². The summed E-state index contributed by atoms with van der Waals surface area (Å²) < 4.78 is 19.3. The van der Waals surface area contributed by atoms with Gasteiger partial charge in [0.05, 0.1) is 11.0 Å².